The predicted octanol–water partition coefficient (Wildman–Crippen LogP) is 3.04. The lowest BCUT2D eigenvalue weighted by Crippen LogP contribution is -2.28. The molecular formula is C14H16BrN3O. The van der Waals surface area contributed by atoms with Gasteiger partial charge in [0.05, 0.1) is 0 Å². The summed E-state index contributed by atoms with van der Waals surface area (Å²) in [6, 6.07) is 7.92. The fourth-order valence-corrected chi connectivity index (χ4v) is 2.88. The molecule has 0 spiro atoms. The maximum Gasteiger partial charge on any atom is 0.227 e. The van der Waals surface area contributed by atoms with Gasteiger partial charge in [-0.1, -0.05) is 33.2 Å². The van der Waals surface area contributed by atoms with Crippen LogP contribution in [0.5, 0.6) is 0 Å². The highest BCUT2D eigenvalue weighted by Gasteiger charge is 2.18. The summed E-state index contributed by atoms with van der Waals surface area (Å²) in [6.07, 6.45) is 3.26. The Morgan fingerprint density at radius 3 is 2.84 bits per heavy atom. The molecule has 0 bridgehead atoms. The second-order valence-corrected chi connectivity index (χ2v) is 5.74. The van der Waals surface area contributed by atoms with Gasteiger partial charge in [0.1, 0.15) is 0 Å². The van der Waals surface area contributed by atoms with Crippen molar-refractivity contribution in [1.29, 1.82) is 0 Å². The molecule has 1 fully saturated rings. The molecule has 0 radical (unpaired) electrons. The predicted molar refractivity (Wildman–Crippen MR) is 76.7 cm³/mol. The van der Waals surface area contributed by atoms with Gasteiger partial charge in [-0.15, -0.1) is 0 Å². The van der Waals surface area contributed by atoms with Crippen LogP contribution in [0.15, 0.2) is 33.3 Å². The number of rotatable bonds is 3. The summed E-state index contributed by atoms with van der Waals surface area (Å²) in [5.41, 5.74) is 0.975. The van der Waals surface area contributed by atoms with Crippen molar-refractivity contribution in [2.24, 2.45) is 5.92 Å². The second kappa shape index (κ2) is 5.84. The van der Waals surface area contributed by atoms with E-state index in [-0.39, 0.29) is 0 Å². The van der Waals surface area contributed by atoms with Crippen molar-refractivity contribution >= 4 is 15.9 Å². The highest BCUT2D eigenvalue weighted by Crippen LogP contribution is 2.26. The van der Waals surface area contributed by atoms with Gasteiger partial charge in [0.2, 0.25) is 11.7 Å². The number of hydrogen-bond acceptors (Lipinski definition) is 4. The molecule has 1 aliphatic heterocycles. The first-order valence-electron chi connectivity index (χ1n) is 6.61. The van der Waals surface area contributed by atoms with Crippen LogP contribution in [-0.2, 0) is 6.42 Å². The van der Waals surface area contributed by atoms with E-state index in [0.29, 0.717) is 11.7 Å². The third kappa shape index (κ3) is 3.04. The van der Waals surface area contributed by atoms with E-state index in [1.165, 1.54) is 12.8 Å². The standard InChI is InChI=1S/C14H16BrN3O/c15-12-4-2-1-3-11(12)14-17-13(19-18-14)9-10-5-7-16-8-6-10/h1-4,10,16H,5-9H2. The Labute approximate surface area is 120 Å². The van der Waals surface area contributed by atoms with Crippen molar-refractivity contribution in [1.82, 2.24) is 15.5 Å². The highest BCUT2D eigenvalue weighted by atomic mass is 79.9. The number of halogens is 1. The number of nitrogens with zero attached hydrogens (tertiary/aromatic N) is 2. The molecule has 2 heterocycles. The van der Waals surface area contributed by atoms with Crippen LogP contribution in [0.3, 0.4) is 0 Å². The van der Waals surface area contributed by atoms with Gasteiger partial charge in [-0.3, -0.25) is 0 Å². The Morgan fingerprint density at radius 1 is 1.26 bits per heavy atom. The minimum atomic E-state index is 0.661. The average Bonchev–Trinajstić information content (AvgIpc) is 2.89. The van der Waals surface area contributed by atoms with E-state index in [2.05, 4.69) is 31.4 Å². The molecule has 2 aromatic rings. The summed E-state index contributed by atoms with van der Waals surface area (Å²) >= 11 is 3.51. The zero-order valence-corrected chi connectivity index (χ0v) is 12.2. The van der Waals surface area contributed by atoms with Crippen LogP contribution < -0.4 is 5.32 Å². The van der Waals surface area contributed by atoms with E-state index in [0.717, 1.165) is 35.4 Å². The first kappa shape index (κ1) is 12.8. The summed E-state index contributed by atoms with van der Waals surface area (Å²) in [5.74, 6) is 2.07. The molecule has 0 amide bonds. The van der Waals surface area contributed by atoms with E-state index >= 15 is 0 Å². The topological polar surface area (TPSA) is 51.0 Å². The maximum atomic E-state index is 5.37. The molecular weight excluding hydrogens is 306 g/mol. The number of piperidine rings is 1. The van der Waals surface area contributed by atoms with Gasteiger partial charge in [0.15, 0.2) is 0 Å². The Bertz CT molecular complexity index is 549. The molecule has 4 nitrogen and oxygen atoms in total. The lowest BCUT2D eigenvalue weighted by Gasteiger charge is -2.20. The third-order valence-electron chi connectivity index (χ3n) is 3.50. The summed E-state index contributed by atoms with van der Waals surface area (Å²) in [5, 5.41) is 7.45. The fraction of sp³-hybridized carbons (Fsp3) is 0.429. The molecule has 1 aromatic carbocycles. The van der Waals surface area contributed by atoms with Gasteiger partial charge in [-0.2, -0.15) is 4.98 Å². The second-order valence-electron chi connectivity index (χ2n) is 4.89. The van der Waals surface area contributed by atoms with Crippen LogP contribution in [0, 0.1) is 5.92 Å². The number of hydrogen-bond donors (Lipinski definition) is 1. The normalized spacial score (nSPS) is 16.7. The zero-order chi connectivity index (χ0) is 13.1. The molecule has 1 N–H and O–H groups in total. The van der Waals surface area contributed by atoms with Crippen molar-refractivity contribution in [2.75, 3.05) is 13.1 Å². The van der Waals surface area contributed by atoms with Gasteiger partial charge < -0.3 is 9.84 Å². The van der Waals surface area contributed by atoms with Crippen LogP contribution in [0.2, 0.25) is 0 Å². The number of benzene rings is 1. The van der Waals surface area contributed by atoms with E-state index in [1.54, 1.807) is 0 Å². The first-order valence-corrected chi connectivity index (χ1v) is 7.40. The lowest BCUT2D eigenvalue weighted by atomic mass is 9.95. The molecule has 100 valence electrons. The van der Waals surface area contributed by atoms with Gasteiger partial charge in [0.25, 0.3) is 0 Å². The monoisotopic (exact) mass is 321 g/mol. The maximum absolute atomic E-state index is 5.37. The van der Waals surface area contributed by atoms with Crippen molar-refractivity contribution in [2.45, 2.75) is 19.3 Å². The van der Waals surface area contributed by atoms with E-state index in [1.807, 2.05) is 24.3 Å². The summed E-state index contributed by atoms with van der Waals surface area (Å²) in [6.45, 7) is 2.19. The van der Waals surface area contributed by atoms with E-state index < -0.39 is 0 Å². The molecule has 0 unspecified atom stereocenters. The van der Waals surface area contributed by atoms with Gasteiger partial charge in [-0.25, -0.2) is 0 Å². The van der Waals surface area contributed by atoms with Crippen molar-refractivity contribution in [3.63, 3.8) is 0 Å². The molecule has 0 atom stereocenters. The van der Waals surface area contributed by atoms with E-state index in [9.17, 15) is 0 Å². The van der Waals surface area contributed by atoms with Crippen LogP contribution in [0.4, 0.5) is 0 Å². The largest absolute Gasteiger partial charge is 0.339 e. The van der Waals surface area contributed by atoms with Crippen molar-refractivity contribution in [3.8, 4) is 11.4 Å². The minimum Gasteiger partial charge on any atom is -0.339 e. The van der Waals surface area contributed by atoms with Gasteiger partial charge >= 0.3 is 0 Å². The SMILES string of the molecule is Brc1ccccc1-c1noc(CC2CCNCC2)n1. The molecule has 1 aliphatic rings. The molecule has 3 rings (SSSR count). The van der Waals surface area contributed by atoms with E-state index in [4.69, 9.17) is 4.52 Å². The number of aromatic nitrogens is 2. The van der Waals surface area contributed by atoms with Gasteiger partial charge in [0, 0.05) is 16.5 Å². The van der Waals surface area contributed by atoms with Crippen LogP contribution in [0.25, 0.3) is 11.4 Å². The highest BCUT2D eigenvalue weighted by molar-refractivity contribution is 9.10. The molecule has 0 saturated carbocycles. The lowest BCUT2D eigenvalue weighted by molar-refractivity contribution is 0.313. The Balaban J connectivity index is 1.74. The van der Waals surface area contributed by atoms with Crippen LogP contribution >= 0.6 is 15.9 Å². The third-order valence-corrected chi connectivity index (χ3v) is 4.20. The summed E-state index contributed by atoms with van der Waals surface area (Å²) in [4.78, 5) is 4.51. The quantitative estimate of drug-likeness (QED) is 0.944. The average molecular weight is 322 g/mol. The van der Waals surface area contributed by atoms with Crippen molar-refractivity contribution < 1.29 is 4.52 Å². The summed E-state index contributed by atoms with van der Waals surface area (Å²) < 4.78 is 6.36. The Morgan fingerprint density at radius 2 is 2.05 bits per heavy atom. The van der Waals surface area contributed by atoms with Crippen LogP contribution in [0.1, 0.15) is 18.7 Å². The Kier molecular flexibility index (Phi) is 3.94. The Hall–Kier alpha value is -1.20. The van der Waals surface area contributed by atoms with Crippen LogP contribution in [-0.4, -0.2) is 23.2 Å². The summed E-state index contributed by atoms with van der Waals surface area (Å²) in [7, 11) is 0. The van der Waals surface area contributed by atoms with Gasteiger partial charge in [-0.05, 0) is 44.0 Å². The zero-order valence-electron chi connectivity index (χ0n) is 10.6. The van der Waals surface area contributed by atoms with Crippen molar-refractivity contribution in [3.05, 3.63) is 34.6 Å². The first-order chi connectivity index (χ1) is 9.33. The molecule has 19 heavy (non-hydrogen) atoms. The molecule has 5 heteroatoms. The minimum absolute atomic E-state index is 0.661. The molecule has 0 aliphatic carbocycles. The molecule has 1 saturated heterocycles. The fourth-order valence-electron chi connectivity index (χ4n) is 2.42. The smallest absolute Gasteiger partial charge is 0.227 e. The number of nitrogens with one attached hydrogen (secondary N) is 1. The molecule has 1 aromatic heterocycles.